The third-order valence-corrected chi connectivity index (χ3v) is 5.98. The van der Waals surface area contributed by atoms with Gasteiger partial charge < -0.3 is 19.7 Å². The molecule has 6 atom stereocenters. The first-order valence-corrected chi connectivity index (χ1v) is 10.3. The molecular weight excluding hydrogens is 368 g/mol. The number of benzene rings is 1. The van der Waals surface area contributed by atoms with Gasteiger partial charge in [-0.2, -0.15) is 0 Å². The summed E-state index contributed by atoms with van der Waals surface area (Å²) < 4.78 is 11.0. The largest absolute Gasteiger partial charge is 0.489 e. The van der Waals surface area contributed by atoms with Gasteiger partial charge in [-0.3, -0.25) is 4.79 Å². The Hall–Kier alpha value is -2.29. The van der Waals surface area contributed by atoms with Gasteiger partial charge >= 0.3 is 0 Å². The van der Waals surface area contributed by atoms with E-state index >= 15 is 0 Å². The van der Waals surface area contributed by atoms with E-state index in [2.05, 4.69) is 17.9 Å². The summed E-state index contributed by atoms with van der Waals surface area (Å²) in [6, 6.07) is 6.13. The Bertz CT molecular complexity index is 790. The average molecular weight is 398 g/mol. The normalized spacial score (nSPS) is 26.8. The fourth-order valence-electron chi connectivity index (χ4n) is 4.37. The highest BCUT2D eigenvalue weighted by Gasteiger charge is 2.48. The molecule has 29 heavy (non-hydrogen) atoms. The van der Waals surface area contributed by atoms with Crippen molar-refractivity contribution >= 4 is 6.47 Å². The number of aliphatic hydroxyl groups excluding tert-OH is 2. The van der Waals surface area contributed by atoms with Gasteiger partial charge in [0.05, 0.1) is 18.8 Å². The summed E-state index contributed by atoms with van der Waals surface area (Å²) in [5.41, 5.74) is 2.23. The van der Waals surface area contributed by atoms with Crippen molar-refractivity contribution in [1.82, 2.24) is 0 Å². The van der Waals surface area contributed by atoms with Crippen LogP contribution in [0.4, 0.5) is 0 Å². The second-order valence-electron chi connectivity index (χ2n) is 7.95. The molecule has 1 aromatic carbocycles. The molecule has 0 aromatic heterocycles. The molecule has 3 rings (SSSR count). The number of hydrogen-bond donors (Lipinski definition) is 2. The first-order valence-electron chi connectivity index (χ1n) is 10.3. The molecule has 0 amide bonds. The van der Waals surface area contributed by atoms with Crippen LogP contribution in [-0.4, -0.2) is 41.6 Å². The Morgan fingerprint density at radius 1 is 1.41 bits per heavy atom. The molecule has 1 fully saturated rings. The summed E-state index contributed by atoms with van der Waals surface area (Å²) in [6.45, 7) is 4.63. The van der Waals surface area contributed by atoms with Crippen LogP contribution in [0.2, 0.25) is 0 Å². The van der Waals surface area contributed by atoms with E-state index in [4.69, 9.17) is 9.47 Å². The molecule has 2 unspecified atom stereocenters. The molecule has 5 nitrogen and oxygen atoms in total. The smallest absolute Gasteiger partial charge is 0.293 e. The number of ether oxygens (including phenoxy) is 2. The maximum Gasteiger partial charge on any atom is 0.293 e. The molecule has 0 bridgehead atoms. The van der Waals surface area contributed by atoms with Gasteiger partial charge in [-0.05, 0) is 31.2 Å². The van der Waals surface area contributed by atoms with E-state index in [0.29, 0.717) is 25.9 Å². The van der Waals surface area contributed by atoms with Gasteiger partial charge in [0.2, 0.25) is 0 Å². The third-order valence-electron chi connectivity index (χ3n) is 5.98. The molecular formula is C24H30O5. The van der Waals surface area contributed by atoms with Gasteiger partial charge in [-0.25, -0.2) is 0 Å². The van der Waals surface area contributed by atoms with E-state index in [9.17, 15) is 15.0 Å². The van der Waals surface area contributed by atoms with Gasteiger partial charge in [-0.1, -0.05) is 37.3 Å². The predicted octanol–water partition coefficient (Wildman–Crippen LogP) is 2.98. The van der Waals surface area contributed by atoms with Crippen molar-refractivity contribution in [2.24, 2.45) is 11.8 Å². The summed E-state index contributed by atoms with van der Waals surface area (Å²) in [5, 5.41) is 21.0. The van der Waals surface area contributed by atoms with Crippen LogP contribution in [0.25, 0.3) is 0 Å². The Kier molecular flexibility index (Phi) is 7.35. The van der Waals surface area contributed by atoms with E-state index < -0.39 is 12.2 Å². The molecule has 1 aromatic rings. The number of fused-ring (bicyclic) bond motifs is 3. The van der Waals surface area contributed by atoms with Crippen LogP contribution in [0, 0.1) is 23.7 Å². The minimum atomic E-state index is -0.590. The van der Waals surface area contributed by atoms with Crippen LogP contribution in [0.15, 0.2) is 30.4 Å². The number of aryl methyl sites for hydroxylation is 1. The van der Waals surface area contributed by atoms with Crippen molar-refractivity contribution in [1.29, 1.82) is 0 Å². The van der Waals surface area contributed by atoms with E-state index in [0.717, 1.165) is 29.7 Å². The van der Waals surface area contributed by atoms with Crippen molar-refractivity contribution < 1.29 is 24.5 Å². The fourth-order valence-corrected chi connectivity index (χ4v) is 4.37. The second-order valence-corrected chi connectivity index (χ2v) is 7.95. The second kappa shape index (κ2) is 9.96. The number of carbonyl (C=O) groups excluding carboxylic acids is 1. The minimum absolute atomic E-state index is 0.0420. The summed E-state index contributed by atoms with van der Waals surface area (Å²) in [6.07, 6.45) is 5.36. The van der Waals surface area contributed by atoms with Gasteiger partial charge in [0.1, 0.15) is 11.9 Å². The standard InChI is InChI=1S/C24H30O5/c1-3-4-7-16(2)20(26)12-11-18-21(27)14-22-23(18)19-10-5-8-17(24(19)29-22)9-6-13-28-15-25/h5,8,10-12,15-16,18,20-23,26-27H,6-7,9,13-14H2,1-2H3/t16?,18-,20+,21+,22?,23-/m0/s1. The number of carbonyl (C=O) groups is 1. The first-order chi connectivity index (χ1) is 14.1. The predicted molar refractivity (Wildman–Crippen MR) is 110 cm³/mol. The highest BCUT2D eigenvalue weighted by atomic mass is 16.5. The molecule has 0 saturated heterocycles. The van der Waals surface area contributed by atoms with Crippen molar-refractivity contribution in [2.75, 3.05) is 6.61 Å². The molecule has 0 radical (unpaired) electrons. The summed E-state index contributed by atoms with van der Waals surface area (Å²) in [7, 11) is 0. The Morgan fingerprint density at radius 2 is 2.24 bits per heavy atom. The van der Waals surface area contributed by atoms with Crippen molar-refractivity contribution in [2.45, 2.75) is 63.8 Å². The zero-order valence-corrected chi connectivity index (χ0v) is 17.1. The maximum atomic E-state index is 10.6. The minimum Gasteiger partial charge on any atom is -0.489 e. The highest BCUT2D eigenvalue weighted by molar-refractivity contribution is 5.49. The lowest BCUT2D eigenvalue weighted by Crippen LogP contribution is -2.19. The monoisotopic (exact) mass is 398 g/mol. The van der Waals surface area contributed by atoms with E-state index in [1.54, 1.807) is 13.0 Å². The van der Waals surface area contributed by atoms with E-state index in [-0.39, 0.29) is 23.9 Å². The third kappa shape index (κ3) is 4.83. The van der Waals surface area contributed by atoms with Gasteiger partial charge in [0.15, 0.2) is 0 Å². The Balaban J connectivity index is 1.73. The van der Waals surface area contributed by atoms with Crippen LogP contribution in [-0.2, 0) is 16.0 Å². The van der Waals surface area contributed by atoms with E-state index in [1.165, 1.54) is 0 Å². The van der Waals surface area contributed by atoms with Crippen LogP contribution in [0.5, 0.6) is 5.75 Å². The summed E-state index contributed by atoms with van der Waals surface area (Å²) in [5.74, 6) is 6.81. The number of hydrogen-bond acceptors (Lipinski definition) is 5. The van der Waals surface area contributed by atoms with Crippen LogP contribution >= 0.6 is 0 Å². The summed E-state index contributed by atoms with van der Waals surface area (Å²) in [4.78, 5) is 10.3. The summed E-state index contributed by atoms with van der Waals surface area (Å²) >= 11 is 0. The molecule has 1 aliphatic carbocycles. The van der Waals surface area contributed by atoms with Crippen LogP contribution in [0.3, 0.4) is 0 Å². The van der Waals surface area contributed by atoms with Crippen LogP contribution in [0.1, 0.15) is 50.2 Å². The van der Waals surface area contributed by atoms with Gasteiger partial charge in [0, 0.05) is 30.2 Å². The number of rotatable bonds is 9. The lowest BCUT2D eigenvalue weighted by atomic mass is 9.86. The molecule has 1 saturated carbocycles. The first kappa shape index (κ1) is 21.4. The van der Waals surface area contributed by atoms with Crippen molar-refractivity contribution in [3.8, 4) is 17.6 Å². The quantitative estimate of drug-likeness (QED) is 0.289. The molecule has 0 spiro atoms. The SMILES string of the molecule is CC#CCC(C)[C@H](O)C=C[C@H]1[C@H](O)CC2Oc3c(CCCOC=O)cccc3[C@@H]21. The number of aliphatic hydroxyl groups is 2. The van der Waals surface area contributed by atoms with Crippen molar-refractivity contribution in [3.63, 3.8) is 0 Å². The van der Waals surface area contributed by atoms with E-state index in [1.807, 2.05) is 25.1 Å². The lowest BCUT2D eigenvalue weighted by Gasteiger charge is -2.19. The van der Waals surface area contributed by atoms with Crippen molar-refractivity contribution in [3.05, 3.63) is 41.5 Å². The van der Waals surface area contributed by atoms with Crippen LogP contribution < -0.4 is 4.74 Å². The molecule has 2 aliphatic rings. The Morgan fingerprint density at radius 3 is 3.00 bits per heavy atom. The Labute approximate surface area is 172 Å². The van der Waals surface area contributed by atoms with Gasteiger partial charge in [0.25, 0.3) is 6.47 Å². The molecule has 156 valence electrons. The molecule has 1 aliphatic heterocycles. The molecule has 5 heteroatoms. The number of para-hydroxylation sites is 1. The van der Waals surface area contributed by atoms with Gasteiger partial charge in [-0.15, -0.1) is 11.8 Å². The topological polar surface area (TPSA) is 76.0 Å². The molecule has 1 heterocycles. The highest BCUT2D eigenvalue weighted by Crippen LogP contribution is 2.52. The average Bonchev–Trinajstić information content (AvgIpc) is 3.22. The zero-order valence-electron chi connectivity index (χ0n) is 17.1. The lowest BCUT2D eigenvalue weighted by molar-refractivity contribution is -0.128. The fraction of sp³-hybridized carbons (Fsp3) is 0.542. The zero-order chi connectivity index (χ0) is 20.8. The maximum absolute atomic E-state index is 10.6. The molecule has 2 N–H and O–H groups in total.